The molecular formula is C19H19FN2O4S. The first kappa shape index (κ1) is 19.0. The second-order valence-electron chi connectivity index (χ2n) is 6.42. The van der Waals surface area contributed by atoms with E-state index in [0.717, 1.165) is 23.3 Å². The molecule has 0 saturated carbocycles. The molecule has 0 spiro atoms. The predicted molar refractivity (Wildman–Crippen MR) is 99.2 cm³/mol. The van der Waals surface area contributed by atoms with Crippen LogP contribution in [0.15, 0.2) is 48.5 Å². The molecule has 2 aromatic carbocycles. The number of sulfone groups is 1. The summed E-state index contributed by atoms with van der Waals surface area (Å²) in [6.45, 7) is 0.819. The summed E-state index contributed by atoms with van der Waals surface area (Å²) in [6.07, 6.45) is 0.674. The number of halogens is 1. The average molecular weight is 390 g/mol. The summed E-state index contributed by atoms with van der Waals surface area (Å²) in [7, 11) is -3.91. The molecule has 0 fully saturated rings. The predicted octanol–water partition coefficient (Wildman–Crippen LogP) is 1.76. The number of anilines is 1. The quantitative estimate of drug-likeness (QED) is 0.843. The molecular weight excluding hydrogens is 371 g/mol. The summed E-state index contributed by atoms with van der Waals surface area (Å²) in [5.41, 5.74) is 2.45. The van der Waals surface area contributed by atoms with E-state index in [1.165, 1.54) is 17.0 Å². The standard InChI is InChI=1S/C19H19FN2O4S/c20-16-5-7-17(8-6-16)21-18(23)12-27(25,26)13-19(24)22-10-9-14-3-1-2-4-15(14)11-22/h1-8H,9-13H2,(H,21,23). The van der Waals surface area contributed by atoms with Crippen LogP contribution in [0.25, 0.3) is 0 Å². The minimum Gasteiger partial charge on any atom is -0.337 e. The smallest absolute Gasteiger partial charge is 0.239 e. The molecule has 0 radical (unpaired) electrons. The molecule has 8 heteroatoms. The van der Waals surface area contributed by atoms with Crippen LogP contribution in [0.3, 0.4) is 0 Å². The number of rotatable bonds is 5. The third kappa shape index (κ3) is 5.13. The van der Waals surface area contributed by atoms with E-state index in [1.54, 1.807) is 0 Å². The van der Waals surface area contributed by atoms with Crippen LogP contribution in [0, 0.1) is 5.82 Å². The minimum atomic E-state index is -3.91. The van der Waals surface area contributed by atoms with Crippen molar-refractivity contribution >= 4 is 27.3 Å². The van der Waals surface area contributed by atoms with E-state index in [9.17, 15) is 22.4 Å². The van der Waals surface area contributed by atoms with Gasteiger partial charge in [-0.1, -0.05) is 24.3 Å². The lowest BCUT2D eigenvalue weighted by molar-refractivity contribution is -0.129. The van der Waals surface area contributed by atoms with Crippen LogP contribution in [-0.4, -0.2) is 43.2 Å². The lowest BCUT2D eigenvalue weighted by Crippen LogP contribution is -2.40. The maximum atomic E-state index is 12.9. The summed E-state index contributed by atoms with van der Waals surface area (Å²) < 4.78 is 37.3. The summed E-state index contributed by atoms with van der Waals surface area (Å²) in [5.74, 6) is -3.26. The van der Waals surface area contributed by atoms with Gasteiger partial charge in [-0.05, 0) is 41.8 Å². The largest absolute Gasteiger partial charge is 0.337 e. The number of hydrogen-bond acceptors (Lipinski definition) is 4. The zero-order valence-corrected chi connectivity index (χ0v) is 15.3. The van der Waals surface area contributed by atoms with Crippen LogP contribution >= 0.6 is 0 Å². The molecule has 1 N–H and O–H groups in total. The van der Waals surface area contributed by atoms with Crippen molar-refractivity contribution < 1.29 is 22.4 Å². The fourth-order valence-electron chi connectivity index (χ4n) is 2.97. The molecule has 0 aromatic heterocycles. The number of fused-ring (bicyclic) bond motifs is 1. The lowest BCUT2D eigenvalue weighted by atomic mass is 10.00. The normalized spacial score (nSPS) is 13.7. The van der Waals surface area contributed by atoms with Gasteiger partial charge in [0.2, 0.25) is 11.8 Å². The zero-order chi connectivity index (χ0) is 19.4. The molecule has 0 aliphatic carbocycles. The molecule has 0 bridgehead atoms. The van der Waals surface area contributed by atoms with Crippen LogP contribution in [0.4, 0.5) is 10.1 Å². The number of nitrogens with zero attached hydrogens (tertiary/aromatic N) is 1. The van der Waals surface area contributed by atoms with Crippen LogP contribution in [0.5, 0.6) is 0 Å². The second-order valence-corrected chi connectivity index (χ2v) is 8.49. The summed E-state index contributed by atoms with van der Waals surface area (Å²) in [6, 6.07) is 12.7. The Morgan fingerprint density at radius 2 is 1.67 bits per heavy atom. The molecule has 6 nitrogen and oxygen atoms in total. The number of carbonyl (C=O) groups is 2. The van der Waals surface area contributed by atoms with Gasteiger partial charge in [0.05, 0.1) is 0 Å². The van der Waals surface area contributed by atoms with Gasteiger partial charge >= 0.3 is 0 Å². The average Bonchev–Trinajstić information content (AvgIpc) is 2.62. The van der Waals surface area contributed by atoms with Crippen molar-refractivity contribution in [3.8, 4) is 0 Å². The molecule has 1 aliphatic rings. The SMILES string of the molecule is O=C(CS(=O)(=O)CC(=O)N1CCc2ccccc2C1)Nc1ccc(F)cc1. The topological polar surface area (TPSA) is 83.5 Å². The maximum absolute atomic E-state index is 12.9. The van der Waals surface area contributed by atoms with E-state index in [4.69, 9.17) is 0 Å². The Labute approximate surface area is 156 Å². The number of amides is 2. The van der Waals surface area contributed by atoms with Gasteiger partial charge in [0.15, 0.2) is 9.84 Å². The highest BCUT2D eigenvalue weighted by atomic mass is 32.2. The Morgan fingerprint density at radius 1 is 1.00 bits per heavy atom. The third-order valence-electron chi connectivity index (χ3n) is 4.31. The second kappa shape index (κ2) is 7.87. The highest BCUT2D eigenvalue weighted by molar-refractivity contribution is 7.92. The van der Waals surface area contributed by atoms with E-state index >= 15 is 0 Å². The first-order chi connectivity index (χ1) is 12.8. The first-order valence-corrected chi connectivity index (χ1v) is 10.2. The Kier molecular flexibility index (Phi) is 5.55. The molecule has 142 valence electrons. The van der Waals surface area contributed by atoms with Crippen molar-refractivity contribution in [3.05, 3.63) is 65.5 Å². The molecule has 0 saturated heterocycles. The number of carbonyl (C=O) groups excluding carboxylic acids is 2. The van der Waals surface area contributed by atoms with Gasteiger partial charge in [-0.15, -0.1) is 0 Å². The summed E-state index contributed by atoms with van der Waals surface area (Å²) >= 11 is 0. The fraction of sp³-hybridized carbons (Fsp3) is 0.263. The molecule has 27 heavy (non-hydrogen) atoms. The molecule has 1 heterocycles. The van der Waals surface area contributed by atoms with E-state index in [1.807, 2.05) is 24.3 Å². The van der Waals surface area contributed by atoms with Crippen molar-refractivity contribution in [3.63, 3.8) is 0 Å². The number of hydrogen-bond donors (Lipinski definition) is 1. The van der Waals surface area contributed by atoms with E-state index in [0.29, 0.717) is 19.5 Å². The molecule has 3 rings (SSSR count). The van der Waals surface area contributed by atoms with E-state index in [-0.39, 0.29) is 5.69 Å². The Balaban J connectivity index is 1.56. The minimum absolute atomic E-state index is 0.288. The van der Waals surface area contributed by atoms with Crippen molar-refractivity contribution in [1.82, 2.24) is 4.90 Å². The van der Waals surface area contributed by atoms with Crippen LogP contribution in [-0.2, 0) is 32.4 Å². The van der Waals surface area contributed by atoms with Crippen LogP contribution in [0.1, 0.15) is 11.1 Å². The molecule has 2 amide bonds. The Hall–Kier alpha value is -2.74. The third-order valence-corrected chi connectivity index (χ3v) is 5.69. The van der Waals surface area contributed by atoms with Gasteiger partial charge < -0.3 is 10.2 Å². The van der Waals surface area contributed by atoms with Crippen molar-refractivity contribution in [1.29, 1.82) is 0 Å². The van der Waals surface area contributed by atoms with Crippen molar-refractivity contribution in [2.75, 3.05) is 23.4 Å². The van der Waals surface area contributed by atoms with Gasteiger partial charge in [0.25, 0.3) is 0 Å². The molecule has 0 atom stereocenters. The van der Waals surface area contributed by atoms with Gasteiger partial charge in [0, 0.05) is 18.8 Å². The van der Waals surface area contributed by atoms with Gasteiger partial charge in [0.1, 0.15) is 17.3 Å². The van der Waals surface area contributed by atoms with Crippen LogP contribution < -0.4 is 5.32 Å². The van der Waals surface area contributed by atoms with E-state index in [2.05, 4.69) is 5.32 Å². The van der Waals surface area contributed by atoms with Gasteiger partial charge in [-0.2, -0.15) is 0 Å². The van der Waals surface area contributed by atoms with Gasteiger partial charge in [-0.25, -0.2) is 12.8 Å². The molecule has 1 aliphatic heterocycles. The fourth-order valence-corrected chi connectivity index (χ4v) is 4.10. The summed E-state index contributed by atoms with van der Waals surface area (Å²) in [5, 5.41) is 2.38. The van der Waals surface area contributed by atoms with Crippen LogP contribution in [0.2, 0.25) is 0 Å². The highest BCUT2D eigenvalue weighted by Crippen LogP contribution is 2.18. The highest BCUT2D eigenvalue weighted by Gasteiger charge is 2.26. The number of nitrogens with one attached hydrogen (secondary N) is 1. The van der Waals surface area contributed by atoms with E-state index < -0.39 is 39.0 Å². The van der Waals surface area contributed by atoms with Crippen molar-refractivity contribution in [2.45, 2.75) is 13.0 Å². The molecule has 2 aromatic rings. The lowest BCUT2D eigenvalue weighted by Gasteiger charge is -2.28. The first-order valence-electron chi connectivity index (χ1n) is 8.43. The van der Waals surface area contributed by atoms with Crippen molar-refractivity contribution in [2.24, 2.45) is 0 Å². The Bertz CT molecular complexity index is 958. The molecule has 0 unspecified atom stereocenters. The zero-order valence-electron chi connectivity index (χ0n) is 14.5. The Morgan fingerprint density at radius 3 is 2.37 bits per heavy atom. The maximum Gasteiger partial charge on any atom is 0.239 e. The van der Waals surface area contributed by atoms with Gasteiger partial charge in [-0.3, -0.25) is 9.59 Å². The number of benzene rings is 2. The monoisotopic (exact) mass is 390 g/mol. The summed E-state index contributed by atoms with van der Waals surface area (Å²) in [4.78, 5) is 25.8.